The fraction of sp³-hybridized carbons (Fsp3) is 0.500. The average Bonchev–Trinajstić information content (AvgIpc) is 3.62. The largest absolute Gasteiger partial charge is 0.359 e. The van der Waals surface area contributed by atoms with Crippen molar-refractivity contribution < 1.29 is 19.1 Å². The van der Waals surface area contributed by atoms with E-state index < -0.39 is 29.6 Å². The summed E-state index contributed by atoms with van der Waals surface area (Å²) in [6.45, 7) is 6.44. The minimum Gasteiger partial charge on any atom is -0.359 e. The van der Waals surface area contributed by atoms with Crippen LogP contribution < -0.4 is 10.6 Å². The van der Waals surface area contributed by atoms with Gasteiger partial charge in [0.25, 0.3) is 0 Å². The van der Waals surface area contributed by atoms with Crippen molar-refractivity contribution in [3.8, 4) is 0 Å². The van der Waals surface area contributed by atoms with Gasteiger partial charge in [0.2, 0.25) is 17.7 Å². The predicted octanol–water partition coefficient (Wildman–Crippen LogP) is 5.39. The van der Waals surface area contributed by atoms with E-state index >= 15 is 0 Å². The molecule has 4 aliphatic rings. The first-order chi connectivity index (χ1) is 20.2. The Balaban J connectivity index is 1.30. The van der Waals surface area contributed by atoms with Crippen molar-refractivity contribution in [1.82, 2.24) is 10.2 Å². The van der Waals surface area contributed by atoms with E-state index in [0.717, 1.165) is 25.7 Å². The standard InChI is InChI=1S/C34H40ClN3O4/c1-20-9-7-14-26(22(20)3)37-32(40)30-34-18-17-27(42-34)28(31(39)36-25-13-8-12-24(35)19-25)29(34)33(41)38(30)21(2)15-16-23-10-5-4-6-11-23/h4-6,8,10-13,17-22,26-30H,7,9,14-16H2,1-3H3,(H,36,39)(H,37,40)/t20-,21-,22-,26+,27+,28-,29+,30+,34+/m1/s1. The van der Waals surface area contributed by atoms with Gasteiger partial charge in [-0.25, -0.2) is 0 Å². The van der Waals surface area contributed by atoms with Crippen molar-refractivity contribution in [2.75, 3.05) is 5.32 Å². The highest BCUT2D eigenvalue weighted by molar-refractivity contribution is 6.30. The highest BCUT2D eigenvalue weighted by Gasteiger charge is 2.73. The second kappa shape index (κ2) is 11.5. The van der Waals surface area contributed by atoms with E-state index in [9.17, 15) is 14.4 Å². The van der Waals surface area contributed by atoms with E-state index in [-0.39, 0.29) is 29.8 Å². The Morgan fingerprint density at radius 2 is 1.88 bits per heavy atom. The molecule has 3 amide bonds. The number of aryl methyl sites for hydroxylation is 1. The summed E-state index contributed by atoms with van der Waals surface area (Å²) >= 11 is 6.15. The lowest BCUT2D eigenvalue weighted by Crippen LogP contribution is -2.59. The number of hydrogen-bond donors (Lipinski definition) is 2. The lowest BCUT2D eigenvalue weighted by molar-refractivity contribution is -0.144. The van der Waals surface area contributed by atoms with Gasteiger partial charge in [-0.2, -0.15) is 0 Å². The van der Waals surface area contributed by atoms with E-state index in [2.05, 4.69) is 36.6 Å². The molecule has 3 aliphatic heterocycles. The molecule has 0 aromatic heterocycles. The first-order valence-corrected chi connectivity index (χ1v) is 15.7. The summed E-state index contributed by atoms with van der Waals surface area (Å²) in [7, 11) is 0. The Morgan fingerprint density at radius 3 is 2.64 bits per heavy atom. The molecule has 2 aromatic rings. The number of ether oxygens (including phenoxy) is 1. The third kappa shape index (κ3) is 5.05. The Hall–Kier alpha value is -3.16. The van der Waals surface area contributed by atoms with Crippen LogP contribution in [0.5, 0.6) is 0 Å². The van der Waals surface area contributed by atoms with Crippen molar-refractivity contribution in [1.29, 1.82) is 0 Å². The fourth-order valence-electron chi connectivity index (χ4n) is 7.68. The third-order valence-corrected chi connectivity index (χ3v) is 10.4. The smallest absolute Gasteiger partial charge is 0.246 e. The molecule has 6 rings (SSSR count). The van der Waals surface area contributed by atoms with Crippen molar-refractivity contribution in [3.05, 3.63) is 77.3 Å². The lowest BCUT2D eigenvalue weighted by Gasteiger charge is -2.39. The van der Waals surface area contributed by atoms with Crippen LogP contribution in [0.15, 0.2) is 66.7 Å². The van der Waals surface area contributed by atoms with Crippen LogP contribution in [0.1, 0.15) is 52.0 Å². The summed E-state index contributed by atoms with van der Waals surface area (Å²) < 4.78 is 6.54. The van der Waals surface area contributed by atoms with Gasteiger partial charge in [-0.3, -0.25) is 14.4 Å². The average molecular weight is 590 g/mol. The maximum Gasteiger partial charge on any atom is 0.246 e. The molecular weight excluding hydrogens is 550 g/mol. The van der Waals surface area contributed by atoms with Crippen molar-refractivity contribution in [2.45, 2.75) is 82.7 Å². The maximum atomic E-state index is 14.4. The molecule has 9 atom stereocenters. The molecule has 1 aliphatic carbocycles. The van der Waals surface area contributed by atoms with Crippen LogP contribution >= 0.6 is 11.6 Å². The Labute approximate surface area is 253 Å². The van der Waals surface area contributed by atoms with Crippen LogP contribution in [0, 0.1) is 23.7 Å². The number of benzene rings is 2. The van der Waals surface area contributed by atoms with Crippen LogP contribution in [0.3, 0.4) is 0 Å². The topological polar surface area (TPSA) is 87.7 Å². The molecule has 42 heavy (non-hydrogen) atoms. The number of carbonyl (C=O) groups excluding carboxylic acids is 3. The van der Waals surface area contributed by atoms with Crippen molar-refractivity contribution >= 4 is 35.0 Å². The number of halogens is 1. The van der Waals surface area contributed by atoms with Crippen LogP contribution in [-0.2, 0) is 25.5 Å². The number of anilines is 1. The zero-order valence-electron chi connectivity index (χ0n) is 24.5. The van der Waals surface area contributed by atoms with E-state index in [0.29, 0.717) is 29.0 Å². The number of likely N-dealkylation sites (tertiary alicyclic amines) is 1. The fourth-order valence-corrected chi connectivity index (χ4v) is 7.87. The van der Waals surface area contributed by atoms with Gasteiger partial charge in [-0.1, -0.05) is 86.8 Å². The Bertz CT molecular complexity index is 1380. The second-order valence-electron chi connectivity index (χ2n) is 12.7. The van der Waals surface area contributed by atoms with Gasteiger partial charge in [0.15, 0.2) is 0 Å². The van der Waals surface area contributed by atoms with Gasteiger partial charge < -0.3 is 20.3 Å². The van der Waals surface area contributed by atoms with Gasteiger partial charge in [0.1, 0.15) is 11.6 Å². The molecule has 3 heterocycles. The monoisotopic (exact) mass is 589 g/mol. The van der Waals surface area contributed by atoms with Gasteiger partial charge in [0, 0.05) is 22.8 Å². The first kappa shape index (κ1) is 28.9. The number of amides is 3. The van der Waals surface area contributed by atoms with E-state index in [1.807, 2.05) is 37.3 Å². The molecule has 2 bridgehead atoms. The van der Waals surface area contributed by atoms with Gasteiger partial charge in [-0.15, -0.1) is 0 Å². The molecule has 2 saturated heterocycles. The summed E-state index contributed by atoms with van der Waals surface area (Å²) in [4.78, 5) is 44.1. The third-order valence-electron chi connectivity index (χ3n) is 10.2. The van der Waals surface area contributed by atoms with Crippen LogP contribution in [0.2, 0.25) is 5.02 Å². The molecule has 1 saturated carbocycles. The Morgan fingerprint density at radius 1 is 1.10 bits per heavy atom. The normalized spacial score (nSPS) is 33.9. The first-order valence-electron chi connectivity index (χ1n) is 15.3. The summed E-state index contributed by atoms with van der Waals surface area (Å²) in [6.07, 6.45) is 7.75. The quantitative estimate of drug-likeness (QED) is 0.404. The number of carbonyl (C=O) groups is 3. The van der Waals surface area contributed by atoms with Crippen molar-refractivity contribution in [2.24, 2.45) is 23.7 Å². The molecule has 7 nitrogen and oxygen atoms in total. The zero-order valence-corrected chi connectivity index (χ0v) is 25.2. The molecule has 2 N–H and O–H groups in total. The summed E-state index contributed by atoms with van der Waals surface area (Å²) in [5.74, 6) is -1.38. The molecular formula is C34H40ClN3O4. The number of nitrogens with zero attached hydrogens (tertiary/aromatic N) is 1. The zero-order chi connectivity index (χ0) is 29.6. The summed E-state index contributed by atoms with van der Waals surface area (Å²) in [5.41, 5.74) is 0.546. The number of nitrogens with one attached hydrogen (secondary N) is 2. The number of rotatable bonds is 8. The summed E-state index contributed by atoms with van der Waals surface area (Å²) in [6, 6.07) is 16.0. The van der Waals surface area contributed by atoms with E-state index in [1.165, 1.54) is 5.56 Å². The highest BCUT2D eigenvalue weighted by Crippen LogP contribution is 2.56. The molecule has 222 valence electrons. The van der Waals surface area contributed by atoms with E-state index in [4.69, 9.17) is 16.3 Å². The van der Waals surface area contributed by atoms with Crippen LogP contribution in [0.4, 0.5) is 5.69 Å². The predicted molar refractivity (Wildman–Crippen MR) is 163 cm³/mol. The van der Waals surface area contributed by atoms with Crippen LogP contribution in [0.25, 0.3) is 0 Å². The maximum absolute atomic E-state index is 14.4. The lowest BCUT2D eigenvalue weighted by atomic mass is 9.73. The minimum atomic E-state index is -1.19. The second-order valence-corrected chi connectivity index (χ2v) is 13.1. The molecule has 3 fully saturated rings. The van der Waals surface area contributed by atoms with Gasteiger partial charge in [-0.05, 0) is 61.8 Å². The summed E-state index contributed by atoms with van der Waals surface area (Å²) in [5, 5.41) is 6.79. The van der Waals surface area contributed by atoms with Gasteiger partial charge in [0.05, 0.1) is 17.9 Å². The SMILES string of the molecule is C[C@@H]1[C@H](C)CCC[C@@H]1NC(=O)[C@@H]1N([C@H](C)CCc2ccccc2)C(=O)[C@@H]2[C@H](C(=O)Nc3cccc(Cl)c3)[C@@H]3C=C[C@]21O3. The molecule has 0 radical (unpaired) electrons. The highest BCUT2D eigenvalue weighted by atomic mass is 35.5. The number of hydrogen-bond acceptors (Lipinski definition) is 4. The molecule has 2 aromatic carbocycles. The minimum absolute atomic E-state index is 0.0396. The number of fused-ring (bicyclic) bond motifs is 1. The van der Waals surface area contributed by atoms with Crippen LogP contribution in [-0.4, -0.2) is 52.5 Å². The van der Waals surface area contributed by atoms with Crippen molar-refractivity contribution in [3.63, 3.8) is 0 Å². The Kier molecular flexibility index (Phi) is 7.92. The van der Waals surface area contributed by atoms with Gasteiger partial charge >= 0.3 is 0 Å². The molecule has 1 spiro atoms. The van der Waals surface area contributed by atoms with E-state index in [1.54, 1.807) is 29.2 Å². The molecule has 8 heteroatoms. The molecule has 0 unspecified atom stereocenters.